The van der Waals surface area contributed by atoms with Crippen LogP contribution in [0.1, 0.15) is 23.0 Å². The molecule has 126 valence electrons. The van der Waals surface area contributed by atoms with Gasteiger partial charge in [-0.1, -0.05) is 12.1 Å². The predicted molar refractivity (Wildman–Crippen MR) is 95.7 cm³/mol. The molecule has 1 saturated heterocycles. The molecular weight excluding hydrogens is 324 g/mol. The normalized spacial score (nSPS) is 14.6. The monoisotopic (exact) mass is 344 g/mol. The van der Waals surface area contributed by atoms with E-state index in [-0.39, 0.29) is 11.8 Å². The lowest BCUT2D eigenvalue weighted by Crippen LogP contribution is -2.48. The van der Waals surface area contributed by atoms with Gasteiger partial charge in [0.2, 0.25) is 5.91 Å². The fourth-order valence-electron chi connectivity index (χ4n) is 2.73. The van der Waals surface area contributed by atoms with E-state index in [2.05, 4.69) is 46.4 Å². The van der Waals surface area contributed by atoms with Gasteiger partial charge in [-0.3, -0.25) is 9.59 Å². The molecule has 2 amide bonds. The summed E-state index contributed by atoms with van der Waals surface area (Å²) in [4.78, 5) is 31.9. The van der Waals surface area contributed by atoms with Crippen LogP contribution in [-0.4, -0.2) is 47.9 Å². The van der Waals surface area contributed by atoms with Crippen molar-refractivity contribution in [1.29, 1.82) is 0 Å². The molecule has 2 heterocycles. The van der Waals surface area contributed by atoms with Crippen LogP contribution in [0.25, 0.3) is 0 Å². The molecule has 1 aromatic carbocycles. The molecule has 24 heavy (non-hydrogen) atoms. The van der Waals surface area contributed by atoms with E-state index >= 15 is 0 Å². The molecule has 1 N–H and O–H groups in total. The molecule has 0 radical (unpaired) electrons. The van der Waals surface area contributed by atoms with Gasteiger partial charge in [0, 0.05) is 44.2 Å². The van der Waals surface area contributed by atoms with Crippen molar-refractivity contribution in [2.45, 2.75) is 13.8 Å². The number of anilines is 2. The van der Waals surface area contributed by atoms with E-state index in [0.29, 0.717) is 23.9 Å². The SMILES string of the molecule is CC(=O)Nc1nc(C(=O)N2CCN(c3cccc(C)c3)CC2)cs1. The fourth-order valence-corrected chi connectivity index (χ4v) is 3.46. The first-order chi connectivity index (χ1) is 11.5. The van der Waals surface area contributed by atoms with Crippen LogP contribution in [0.15, 0.2) is 29.6 Å². The maximum atomic E-state index is 12.5. The Morgan fingerprint density at radius 2 is 1.96 bits per heavy atom. The molecule has 0 atom stereocenters. The summed E-state index contributed by atoms with van der Waals surface area (Å²) in [5, 5.41) is 4.76. The molecule has 0 spiro atoms. The second kappa shape index (κ2) is 7.00. The zero-order valence-electron chi connectivity index (χ0n) is 13.8. The molecule has 7 heteroatoms. The Bertz CT molecular complexity index is 751. The molecule has 0 saturated carbocycles. The Balaban J connectivity index is 1.61. The summed E-state index contributed by atoms with van der Waals surface area (Å²) < 4.78 is 0. The first-order valence-electron chi connectivity index (χ1n) is 7.87. The molecule has 1 aliphatic rings. The number of nitrogens with zero attached hydrogens (tertiary/aromatic N) is 3. The van der Waals surface area contributed by atoms with E-state index in [1.807, 2.05) is 4.90 Å². The Morgan fingerprint density at radius 1 is 1.21 bits per heavy atom. The summed E-state index contributed by atoms with van der Waals surface area (Å²) in [6.45, 7) is 6.45. The Morgan fingerprint density at radius 3 is 2.62 bits per heavy atom. The Hall–Kier alpha value is -2.41. The summed E-state index contributed by atoms with van der Waals surface area (Å²) >= 11 is 1.27. The van der Waals surface area contributed by atoms with Gasteiger partial charge in [-0.25, -0.2) is 4.98 Å². The van der Waals surface area contributed by atoms with E-state index in [1.54, 1.807) is 5.38 Å². The Labute approximate surface area is 145 Å². The third kappa shape index (κ3) is 3.73. The zero-order chi connectivity index (χ0) is 17.1. The molecule has 1 aromatic heterocycles. The third-order valence-corrected chi connectivity index (χ3v) is 4.70. The van der Waals surface area contributed by atoms with Gasteiger partial charge in [0.25, 0.3) is 5.91 Å². The summed E-state index contributed by atoms with van der Waals surface area (Å²) in [7, 11) is 0. The molecule has 6 nitrogen and oxygen atoms in total. The molecule has 0 bridgehead atoms. The maximum Gasteiger partial charge on any atom is 0.273 e. The Kier molecular flexibility index (Phi) is 4.80. The van der Waals surface area contributed by atoms with Gasteiger partial charge in [-0.2, -0.15) is 0 Å². The van der Waals surface area contributed by atoms with Crippen molar-refractivity contribution in [3.8, 4) is 0 Å². The van der Waals surface area contributed by atoms with Crippen LogP contribution in [-0.2, 0) is 4.79 Å². The quantitative estimate of drug-likeness (QED) is 0.928. The van der Waals surface area contributed by atoms with Crippen LogP contribution in [0.2, 0.25) is 0 Å². The number of rotatable bonds is 3. The average Bonchev–Trinajstić information content (AvgIpc) is 3.02. The predicted octanol–water partition coefficient (Wildman–Crippen LogP) is 2.37. The lowest BCUT2D eigenvalue weighted by molar-refractivity contribution is -0.114. The topological polar surface area (TPSA) is 65.5 Å². The summed E-state index contributed by atoms with van der Waals surface area (Å²) in [5.74, 6) is -0.262. The number of piperazine rings is 1. The van der Waals surface area contributed by atoms with Crippen LogP contribution in [0, 0.1) is 6.92 Å². The number of hydrogen-bond donors (Lipinski definition) is 1. The molecule has 1 aliphatic heterocycles. The third-order valence-electron chi connectivity index (χ3n) is 3.94. The number of hydrogen-bond acceptors (Lipinski definition) is 5. The molecular formula is C17H20N4O2S. The number of nitrogens with one attached hydrogen (secondary N) is 1. The van der Waals surface area contributed by atoms with E-state index in [0.717, 1.165) is 13.1 Å². The average molecular weight is 344 g/mol. The van der Waals surface area contributed by atoms with Crippen LogP contribution >= 0.6 is 11.3 Å². The van der Waals surface area contributed by atoms with Gasteiger partial charge in [0.05, 0.1) is 0 Å². The van der Waals surface area contributed by atoms with Crippen LogP contribution in [0.4, 0.5) is 10.8 Å². The second-order valence-corrected chi connectivity index (χ2v) is 6.70. The molecule has 3 rings (SSSR count). The number of thiazole rings is 1. The first kappa shape index (κ1) is 16.4. The highest BCUT2D eigenvalue weighted by atomic mass is 32.1. The van der Waals surface area contributed by atoms with Gasteiger partial charge in [-0.05, 0) is 24.6 Å². The largest absolute Gasteiger partial charge is 0.368 e. The molecule has 0 aliphatic carbocycles. The number of amides is 2. The minimum Gasteiger partial charge on any atom is -0.368 e. The highest BCUT2D eigenvalue weighted by Gasteiger charge is 2.24. The van der Waals surface area contributed by atoms with Crippen LogP contribution in [0.3, 0.4) is 0 Å². The summed E-state index contributed by atoms with van der Waals surface area (Å²) in [5.41, 5.74) is 2.83. The van der Waals surface area contributed by atoms with Crippen molar-refractivity contribution >= 4 is 34.0 Å². The fraction of sp³-hybridized carbons (Fsp3) is 0.353. The van der Waals surface area contributed by atoms with Crippen molar-refractivity contribution in [2.24, 2.45) is 0 Å². The van der Waals surface area contributed by atoms with Crippen molar-refractivity contribution in [1.82, 2.24) is 9.88 Å². The van der Waals surface area contributed by atoms with E-state index in [9.17, 15) is 9.59 Å². The van der Waals surface area contributed by atoms with Crippen molar-refractivity contribution in [2.75, 3.05) is 36.4 Å². The van der Waals surface area contributed by atoms with E-state index in [4.69, 9.17) is 0 Å². The van der Waals surface area contributed by atoms with E-state index in [1.165, 1.54) is 29.5 Å². The maximum absolute atomic E-state index is 12.5. The number of carbonyl (C=O) groups excluding carboxylic acids is 2. The second-order valence-electron chi connectivity index (χ2n) is 5.84. The van der Waals surface area contributed by atoms with Crippen LogP contribution in [0.5, 0.6) is 0 Å². The minimum atomic E-state index is -0.185. The van der Waals surface area contributed by atoms with E-state index < -0.39 is 0 Å². The van der Waals surface area contributed by atoms with Crippen molar-refractivity contribution < 1.29 is 9.59 Å². The number of aromatic nitrogens is 1. The number of carbonyl (C=O) groups is 2. The van der Waals surface area contributed by atoms with Gasteiger partial charge < -0.3 is 15.1 Å². The van der Waals surface area contributed by atoms with Crippen molar-refractivity contribution in [3.63, 3.8) is 0 Å². The van der Waals surface area contributed by atoms with Gasteiger partial charge >= 0.3 is 0 Å². The highest BCUT2D eigenvalue weighted by Crippen LogP contribution is 2.20. The zero-order valence-corrected chi connectivity index (χ0v) is 14.6. The smallest absolute Gasteiger partial charge is 0.273 e. The lowest BCUT2D eigenvalue weighted by atomic mass is 10.2. The standard InChI is InChI=1S/C17H20N4O2S/c1-12-4-3-5-14(10-12)20-6-8-21(9-7-20)16(23)15-11-24-17(19-15)18-13(2)22/h3-5,10-11H,6-9H2,1-2H3,(H,18,19,22). The molecule has 2 aromatic rings. The van der Waals surface area contributed by atoms with Crippen LogP contribution < -0.4 is 10.2 Å². The molecule has 1 fully saturated rings. The summed E-state index contributed by atoms with van der Waals surface area (Å²) in [6.07, 6.45) is 0. The van der Waals surface area contributed by atoms with Gasteiger partial charge in [0.1, 0.15) is 5.69 Å². The number of aryl methyl sites for hydroxylation is 1. The summed E-state index contributed by atoms with van der Waals surface area (Å²) in [6, 6.07) is 8.40. The number of benzene rings is 1. The van der Waals surface area contributed by atoms with Crippen molar-refractivity contribution in [3.05, 3.63) is 40.9 Å². The highest BCUT2D eigenvalue weighted by molar-refractivity contribution is 7.14. The van der Waals surface area contributed by atoms with Gasteiger partial charge in [-0.15, -0.1) is 11.3 Å². The molecule has 0 unspecified atom stereocenters. The van der Waals surface area contributed by atoms with Gasteiger partial charge in [0.15, 0.2) is 5.13 Å². The lowest BCUT2D eigenvalue weighted by Gasteiger charge is -2.36. The minimum absolute atomic E-state index is 0.0771. The first-order valence-corrected chi connectivity index (χ1v) is 8.75.